The maximum Gasteiger partial charge on any atom is 0.243 e. The molecule has 105 valence electrons. The van der Waals surface area contributed by atoms with E-state index in [4.69, 9.17) is 22.1 Å². The number of aliphatic hydroxyl groups is 1. The molecule has 1 radical (unpaired) electrons. The van der Waals surface area contributed by atoms with Gasteiger partial charge in [-0.3, -0.25) is 10.5 Å². The topological polar surface area (TPSA) is 70.3 Å². The van der Waals surface area contributed by atoms with Gasteiger partial charge in [0.15, 0.2) is 5.79 Å². The quantitative estimate of drug-likeness (QED) is 0.845. The van der Waals surface area contributed by atoms with Crippen molar-refractivity contribution in [1.82, 2.24) is 5.73 Å². The van der Waals surface area contributed by atoms with Gasteiger partial charge < -0.3 is 9.84 Å². The van der Waals surface area contributed by atoms with Crippen molar-refractivity contribution in [1.29, 1.82) is 0 Å². The summed E-state index contributed by atoms with van der Waals surface area (Å²) in [5.74, 6) is -2.56. The second-order valence-electron chi connectivity index (χ2n) is 5.57. The molecule has 0 aromatic heterocycles. The van der Waals surface area contributed by atoms with Crippen LogP contribution in [-0.4, -0.2) is 22.4 Å². The molecule has 1 unspecified atom stereocenters. The summed E-state index contributed by atoms with van der Waals surface area (Å²) < 4.78 is 5.55. The molecule has 1 amide bonds. The third kappa shape index (κ3) is 6.05. The number of nitrogens with one attached hydrogen (secondary N) is 1. The fourth-order valence-electron chi connectivity index (χ4n) is 1.92. The lowest BCUT2D eigenvalue weighted by molar-refractivity contribution is -0.252. The zero-order chi connectivity index (χ0) is 14.7. The molecule has 0 saturated heterocycles. The van der Waals surface area contributed by atoms with Gasteiger partial charge >= 0.3 is 0 Å². The first kappa shape index (κ1) is 16.0. The van der Waals surface area contributed by atoms with Crippen molar-refractivity contribution in [3.8, 4) is 0 Å². The Morgan fingerprint density at radius 3 is 2.53 bits per heavy atom. The van der Waals surface area contributed by atoms with Gasteiger partial charge in [-0.05, 0) is 38.5 Å². The van der Waals surface area contributed by atoms with E-state index in [1.807, 2.05) is 0 Å². The second kappa shape index (κ2) is 5.90. The van der Waals surface area contributed by atoms with Crippen LogP contribution < -0.4 is 5.73 Å². The lowest BCUT2D eigenvalue weighted by Crippen LogP contribution is -2.43. The van der Waals surface area contributed by atoms with Crippen LogP contribution in [0.1, 0.15) is 32.8 Å². The minimum atomic E-state index is -1.69. The van der Waals surface area contributed by atoms with E-state index in [1.54, 1.807) is 45.0 Å². The van der Waals surface area contributed by atoms with Crippen LogP contribution >= 0.6 is 11.6 Å². The van der Waals surface area contributed by atoms with Gasteiger partial charge in [-0.2, -0.15) is 0 Å². The van der Waals surface area contributed by atoms with Gasteiger partial charge in [-0.15, -0.1) is 0 Å². The molecule has 0 aliphatic carbocycles. The van der Waals surface area contributed by atoms with Crippen molar-refractivity contribution in [2.75, 3.05) is 0 Å². The normalized spacial score (nSPS) is 15.0. The van der Waals surface area contributed by atoms with Crippen molar-refractivity contribution in [2.45, 2.75) is 45.0 Å². The van der Waals surface area contributed by atoms with Crippen molar-refractivity contribution in [3.63, 3.8) is 0 Å². The number of rotatable bonds is 5. The summed E-state index contributed by atoms with van der Waals surface area (Å²) in [7, 11) is 0. The fourth-order valence-corrected chi connectivity index (χ4v) is 2.13. The molecule has 0 spiro atoms. The Morgan fingerprint density at radius 1 is 1.42 bits per heavy atom. The lowest BCUT2D eigenvalue weighted by Gasteiger charge is -2.34. The molecule has 19 heavy (non-hydrogen) atoms. The Balaban J connectivity index is 2.94. The fraction of sp³-hybridized carbons (Fsp3) is 0.500. The predicted octanol–water partition coefficient (Wildman–Crippen LogP) is 2.59. The number of amides is 1. The summed E-state index contributed by atoms with van der Waals surface area (Å²) in [6.45, 7) is 5.35. The minimum Gasteiger partial charge on any atom is -0.365 e. The minimum absolute atomic E-state index is 0.107. The standard InChI is InChI=1S/C14H19ClNO3/c1-13(2,3)19-14(18,9-12(16)17)8-10-5-4-6-11(15)7-10/h4-7,16,18H,8-9H2,1-3H3. The summed E-state index contributed by atoms with van der Waals surface area (Å²) >= 11 is 5.89. The largest absolute Gasteiger partial charge is 0.365 e. The van der Waals surface area contributed by atoms with Gasteiger partial charge in [0.2, 0.25) is 5.91 Å². The van der Waals surface area contributed by atoms with Crippen molar-refractivity contribution >= 4 is 17.5 Å². The predicted molar refractivity (Wildman–Crippen MR) is 73.7 cm³/mol. The first-order chi connectivity index (χ1) is 8.60. The zero-order valence-electron chi connectivity index (χ0n) is 11.4. The van der Waals surface area contributed by atoms with Gasteiger partial charge in [0.1, 0.15) is 0 Å². The molecule has 0 fully saturated rings. The SMILES string of the molecule is CC(C)(C)OC(O)(CC([NH])=O)Cc1cccc(Cl)c1. The van der Waals surface area contributed by atoms with Crippen LogP contribution in [0, 0.1) is 0 Å². The monoisotopic (exact) mass is 284 g/mol. The molecule has 0 aliphatic heterocycles. The number of ether oxygens (including phenoxy) is 1. The molecular formula is C14H19ClNO3. The van der Waals surface area contributed by atoms with E-state index in [9.17, 15) is 9.90 Å². The Labute approximate surface area is 118 Å². The summed E-state index contributed by atoms with van der Waals surface area (Å²) in [4.78, 5) is 11.0. The van der Waals surface area contributed by atoms with E-state index in [0.29, 0.717) is 5.02 Å². The average Bonchev–Trinajstić information content (AvgIpc) is 2.11. The Morgan fingerprint density at radius 2 is 2.05 bits per heavy atom. The maximum atomic E-state index is 11.0. The van der Waals surface area contributed by atoms with E-state index < -0.39 is 17.3 Å². The van der Waals surface area contributed by atoms with Crippen LogP contribution in [0.25, 0.3) is 0 Å². The molecular weight excluding hydrogens is 266 g/mol. The van der Waals surface area contributed by atoms with Gasteiger partial charge in [0, 0.05) is 11.4 Å². The van der Waals surface area contributed by atoms with Crippen LogP contribution in [0.3, 0.4) is 0 Å². The number of carbonyl (C=O) groups excluding carboxylic acids is 1. The lowest BCUT2D eigenvalue weighted by atomic mass is 10.0. The molecule has 0 heterocycles. The average molecular weight is 285 g/mol. The van der Waals surface area contributed by atoms with Crippen LogP contribution in [0.15, 0.2) is 24.3 Å². The van der Waals surface area contributed by atoms with Gasteiger partial charge in [0.25, 0.3) is 0 Å². The van der Waals surface area contributed by atoms with E-state index in [0.717, 1.165) is 5.56 Å². The number of halogens is 1. The van der Waals surface area contributed by atoms with Gasteiger partial charge in [0.05, 0.1) is 12.0 Å². The van der Waals surface area contributed by atoms with Crippen LogP contribution in [0.5, 0.6) is 0 Å². The third-order valence-electron chi connectivity index (χ3n) is 2.30. The molecule has 2 N–H and O–H groups in total. The van der Waals surface area contributed by atoms with Crippen LogP contribution in [0.4, 0.5) is 0 Å². The van der Waals surface area contributed by atoms with E-state index in [2.05, 4.69) is 0 Å². The number of hydrogen-bond acceptors (Lipinski definition) is 3. The highest BCUT2D eigenvalue weighted by Crippen LogP contribution is 2.26. The first-order valence-corrected chi connectivity index (χ1v) is 6.39. The smallest absolute Gasteiger partial charge is 0.243 e. The number of hydrogen-bond donors (Lipinski definition) is 1. The van der Waals surface area contributed by atoms with E-state index >= 15 is 0 Å². The summed E-state index contributed by atoms with van der Waals surface area (Å²) in [5, 5.41) is 11.0. The molecule has 1 aromatic rings. The summed E-state index contributed by atoms with van der Waals surface area (Å²) in [5.41, 5.74) is 7.17. The Kier molecular flexibility index (Phi) is 4.96. The molecule has 5 heteroatoms. The molecule has 0 bridgehead atoms. The second-order valence-corrected chi connectivity index (χ2v) is 6.00. The summed E-state index contributed by atoms with van der Waals surface area (Å²) in [6.07, 6.45) is -0.272. The third-order valence-corrected chi connectivity index (χ3v) is 2.54. The van der Waals surface area contributed by atoms with Crippen LogP contribution in [0.2, 0.25) is 5.02 Å². The molecule has 0 aliphatic rings. The number of benzene rings is 1. The van der Waals surface area contributed by atoms with Crippen LogP contribution in [-0.2, 0) is 16.0 Å². The summed E-state index contributed by atoms with van der Waals surface area (Å²) in [6, 6.07) is 6.98. The number of carbonyl (C=O) groups is 1. The van der Waals surface area contributed by atoms with Crippen molar-refractivity contribution in [3.05, 3.63) is 34.9 Å². The molecule has 0 saturated carbocycles. The zero-order valence-corrected chi connectivity index (χ0v) is 12.1. The van der Waals surface area contributed by atoms with Gasteiger partial charge in [-0.1, -0.05) is 23.7 Å². The van der Waals surface area contributed by atoms with E-state index in [1.165, 1.54) is 0 Å². The Bertz CT molecular complexity index is 456. The highest BCUT2D eigenvalue weighted by Gasteiger charge is 2.35. The molecule has 1 aromatic carbocycles. The molecule has 4 nitrogen and oxygen atoms in total. The molecule has 1 atom stereocenters. The van der Waals surface area contributed by atoms with Crippen molar-refractivity contribution < 1.29 is 14.6 Å². The highest BCUT2D eigenvalue weighted by atomic mass is 35.5. The van der Waals surface area contributed by atoms with E-state index in [-0.39, 0.29) is 12.8 Å². The van der Waals surface area contributed by atoms with Crippen molar-refractivity contribution in [2.24, 2.45) is 0 Å². The van der Waals surface area contributed by atoms with Gasteiger partial charge in [-0.25, -0.2) is 0 Å². The molecule has 1 rings (SSSR count). The highest BCUT2D eigenvalue weighted by molar-refractivity contribution is 6.30. The Hall–Kier alpha value is -1.10. The maximum absolute atomic E-state index is 11.0. The first-order valence-electron chi connectivity index (χ1n) is 6.01.